The molecule has 1 aromatic carbocycles. The van der Waals surface area contributed by atoms with E-state index >= 15 is 0 Å². The number of ether oxygens (including phenoxy) is 1. The normalized spacial score (nSPS) is 10.1. The Kier molecular flexibility index (Phi) is 5.65. The van der Waals surface area contributed by atoms with Gasteiger partial charge in [0.05, 0.1) is 12.7 Å². The number of Topliss-reactive ketones (excluding diaryl/α,β-unsaturated/α-hetero) is 1. The Balaban J connectivity index is 3.20. The zero-order chi connectivity index (χ0) is 12.8. The van der Waals surface area contributed by atoms with E-state index in [9.17, 15) is 9.59 Å². The summed E-state index contributed by atoms with van der Waals surface area (Å²) in [5, 5.41) is 0.621. The number of hydrogen-bond donors (Lipinski definition) is 0. The molecule has 0 saturated heterocycles. The zero-order valence-electron chi connectivity index (χ0n) is 9.33. The fraction of sp³-hybridized carbons (Fsp3) is 0.333. The second kappa shape index (κ2) is 6.77. The van der Waals surface area contributed by atoms with Crippen LogP contribution in [0.15, 0.2) is 18.2 Å². The molecule has 0 aliphatic heterocycles. The van der Waals surface area contributed by atoms with Crippen molar-refractivity contribution in [3.05, 3.63) is 34.9 Å². The van der Waals surface area contributed by atoms with Crippen LogP contribution in [0.1, 0.15) is 32.7 Å². The molecule has 1 aromatic rings. The second-order valence-electron chi connectivity index (χ2n) is 3.37. The molecule has 92 valence electrons. The van der Waals surface area contributed by atoms with Crippen molar-refractivity contribution in [2.45, 2.75) is 11.8 Å². The van der Waals surface area contributed by atoms with Crippen molar-refractivity contribution < 1.29 is 14.3 Å². The topological polar surface area (TPSA) is 43.4 Å². The van der Waals surface area contributed by atoms with Crippen molar-refractivity contribution in [3.8, 4) is 0 Å². The highest BCUT2D eigenvalue weighted by Crippen LogP contribution is 2.17. The van der Waals surface area contributed by atoms with Crippen molar-refractivity contribution in [2.24, 2.45) is 0 Å². The minimum absolute atomic E-state index is 0.150. The predicted octanol–water partition coefficient (Wildman–Crippen LogP) is 3.18. The third-order valence-electron chi connectivity index (χ3n) is 2.27. The van der Waals surface area contributed by atoms with E-state index in [-0.39, 0.29) is 23.6 Å². The van der Waals surface area contributed by atoms with Gasteiger partial charge in [-0.3, -0.25) is 4.79 Å². The van der Waals surface area contributed by atoms with Crippen LogP contribution in [0.5, 0.6) is 0 Å². The van der Waals surface area contributed by atoms with E-state index in [1.807, 2.05) is 0 Å². The van der Waals surface area contributed by atoms with Gasteiger partial charge in [0.15, 0.2) is 5.78 Å². The molecule has 0 aliphatic carbocycles. The first-order chi connectivity index (χ1) is 8.13. The minimum atomic E-state index is -0.510. The molecule has 0 saturated carbocycles. The lowest BCUT2D eigenvalue weighted by Gasteiger charge is -2.08. The average molecular weight is 320 g/mol. The summed E-state index contributed by atoms with van der Waals surface area (Å²) in [6.45, 7) is 0. The molecule has 0 atom stereocenters. The molecule has 0 N–H and O–H groups in total. The first-order valence-electron chi connectivity index (χ1n) is 5.00. The Hall–Kier alpha value is -0.870. The number of benzene rings is 1. The second-order valence-corrected chi connectivity index (χ2v) is 4.31. The fourth-order valence-electron chi connectivity index (χ4n) is 1.41. The third-order valence-corrected chi connectivity index (χ3v) is 3.10. The lowest BCUT2D eigenvalue weighted by Crippen LogP contribution is -2.11. The van der Waals surface area contributed by atoms with E-state index < -0.39 is 5.97 Å². The molecule has 0 fully saturated rings. The van der Waals surface area contributed by atoms with E-state index in [4.69, 9.17) is 11.6 Å². The van der Waals surface area contributed by atoms with Gasteiger partial charge in [-0.2, -0.15) is 0 Å². The molecular weight excluding hydrogens is 307 g/mol. The van der Waals surface area contributed by atoms with E-state index in [1.54, 1.807) is 18.2 Å². The summed E-state index contributed by atoms with van der Waals surface area (Å²) in [4.78, 5) is 23.4. The number of halogens is 2. The lowest BCUT2D eigenvalue weighted by atomic mass is 9.99. The van der Waals surface area contributed by atoms with Crippen LogP contribution >= 0.6 is 27.5 Å². The number of esters is 1. The molecule has 0 heterocycles. The number of rotatable bonds is 5. The van der Waals surface area contributed by atoms with Gasteiger partial charge in [-0.05, 0) is 17.7 Å². The van der Waals surface area contributed by atoms with E-state index in [2.05, 4.69) is 20.7 Å². The molecular formula is C12H12BrClO3. The first-order valence-corrected chi connectivity index (χ1v) is 6.66. The van der Waals surface area contributed by atoms with Crippen LogP contribution in [0.25, 0.3) is 0 Å². The Morgan fingerprint density at radius 1 is 1.35 bits per heavy atom. The number of carbonyl (C=O) groups is 2. The van der Waals surface area contributed by atoms with Crippen molar-refractivity contribution in [1.82, 2.24) is 0 Å². The van der Waals surface area contributed by atoms with Gasteiger partial charge >= 0.3 is 5.97 Å². The van der Waals surface area contributed by atoms with Gasteiger partial charge in [0.2, 0.25) is 0 Å². The van der Waals surface area contributed by atoms with Crippen molar-refractivity contribution in [2.75, 3.05) is 13.0 Å². The third kappa shape index (κ3) is 3.54. The van der Waals surface area contributed by atoms with Crippen LogP contribution < -0.4 is 0 Å². The summed E-state index contributed by atoms with van der Waals surface area (Å²) in [5.41, 5.74) is 1.58. The van der Waals surface area contributed by atoms with Gasteiger partial charge in [0, 0.05) is 23.2 Å². The molecule has 0 bridgehead atoms. The molecule has 1 rings (SSSR count). The summed E-state index contributed by atoms with van der Waals surface area (Å²) in [6.07, 6.45) is 0.206. The van der Waals surface area contributed by atoms with Gasteiger partial charge in [-0.1, -0.05) is 22.0 Å². The summed E-state index contributed by atoms with van der Waals surface area (Å²) in [6, 6.07) is 5.07. The first kappa shape index (κ1) is 14.2. The molecule has 0 aliphatic rings. The monoisotopic (exact) mass is 318 g/mol. The van der Waals surface area contributed by atoms with Crippen LogP contribution in [0, 0.1) is 0 Å². The van der Waals surface area contributed by atoms with Crippen LogP contribution in [0.3, 0.4) is 0 Å². The summed E-state index contributed by atoms with van der Waals surface area (Å²) < 4.78 is 4.64. The Morgan fingerprint density at radius 2 is 2.06 bits per heavy atom. The van der Waals surface area contributed by atoms with Gasteiger partial charge in [-0.15, -0.1) is 11.6 Å². The van der Waals surface area contributed by atoms with Gasteiger partial charge < -0.3 is 4.74 Å². The predicted molar refractivity (Wildman–Crippen MR) is 70.1 cm³/mol. The largest absolute Gasteiger partial charge is 0.465 e. The summed E-state index contributed by atoms with van der Waals surface area (Å²) in [5.74, 6) is -0.426. The summed E-state index contributed by atoms with van der Waals surface area (Å²) >= 11 is 8.84. The maximum Gasteiger partial charge on any atom is 0.338 e. The average Bonchev–Trinajstić information content (AvgIpc) is 2.37. The standard InChI is InChI=1S/C12H12BrClO3/c1-17-12(16)9-3-2-8(7-13)6-10(9)11(15)4-5-14/h2-3,6H,4-5,7H2,1H3. The molecule has 3 nitrogen and oxygen atoms in total. The smallest absolute Gasteiger partial charge is 0.338 e. The maximum absolute atomic E-state index is 11.8. The number of carbonyl (C=O) groups excluding carboxylic acids is 2. The van der Waals surface area contributed by atoms with Crippen molar-refractivity contribution >= 4 is 39.3 Å². The number of ketones is 1. The highest BCUT2D eigenvalue weighted by atomic mass is 79.9. The van der Waals surface area contributed by atoms with Gasteiger partial charge in [0.1, 0.15) is 0 Å². The quantitative estimate of drug-likeness (QED) is 0.475. The molecule has 0 radical (unpaired) electrons. The lowest BCUT2D eigenvalue weighted by molar-refractivity contribution is 0.0597. The van der Waals surface area contributed by atoms with Gasteiger partial charge in [-0.25, -0.2) is 4.79 Å². The minimum Gasteiger partial charge on any atom is -0.465 e. The Morgan fingerprint density at radius 3 is 2.59 bits per heavy atom. The SMILES string of the molecule is COC(=O)c1ccc(CBr)cc1C(=O)CCCl. The molecule has 0 aromatic heterocycles. The number of hydrogen-bond acceptors (Lipinski definition) is 3. The molecule has 0 unspecified atom stereocenters. The molecule has 0 amide bonds. The highest BCUT2D eigenvalue weighted by molar-refractivity contribution is 9.08. The van der Waals surface area contributed by atoms with Crippen LogP contribution in [-0.4, -0.2) is 24.7 Å². The van der Waals surface area contributed by atoms with Crippen molar-refractivity contribution in [1.29, 1.82) is 0 Å². The van der Waals surface area contributed by atoms with E-state index in [0.29, 0.717) is 10.9 Å². The van der Waals surface area contributed by atoms with E-state index in [0.717, 1.165) is 5.56 Å². The zero-order valence-corrected chi connectivity index (χ0v) is 11.7. The molecule has 5 heteroatoms. The molecule has 0 spiro atoms. The highest BCUT2D eigenvalue weighted by Gasteiger charge is 2.17. The van der Waals surface area contributed by atoms with Crippen LogP contribution in [0.4, 0.5) is 0 Å². The Bertz CT molecular complexity index is 432. The van der Waals surface area contributed by atoms with Crippen LogP contribution in [0.2, 0.25) is 0 Å². The number of methoxy groups -OCH3 is 1. The van der Waals surface area contributed by atoms with Crippen LogP contribution in [-0.2, 0) is 10.1 Å². The maximum atomic E-state index is 11.8. The van der Waals surface area contributed by atoms with Gasteiger partial charge in [0.25, 0.3) is 0 Å². The van der Waals surface area contributed by atoms with E-state index in [1.165, 1.54) is 7.11 Å². The Labute approximate surface area is 113 Å². The molecule has 17 heavy (non-hydrogen) atoms. The fourth-order valence-corrected chi connectivity index (χ4v) is 1.93. The number of alkyl halides is 2. The summed E-state index contributed by atoms with van der Waals surface area (Å²) in [7, 11) is 1.29. The van der Waals surface area contributed by atoms with Crippen molar-refractivity contribution in [3.63, 3.8) is 0 Å².